The van der Waals surface area contributed by atoms with Gasteiger partial charge in [-0.1, -0.05) is 0 Å². The molecular formula is C10H22BCl2O3P. The Kier molecular flexibility index (Phi) is 8.65. The summed E-state index contributed by atoms with van der Waals surface area (Å²) in [5.41, 5.74) is 0. The monoisotopic (exact) mass is 302 g/mol. The van der Waals surface area contributed by atoms with Crippen molar-refractivity contribution in [3.63, 3.8) is 0 Å². The van der Waals surface area contributed by atoms with E-state index in [0.29, 0.717) is 0 Å². The third-order valence-corrected chi connectivity index (χ3v) is 4.78. The van der Waals surface area contributed by atoms with Crippen LogP contribution < -0.4 is 0 Å². The van der Waals surface area contributed by atoms with Gasteiger partial charge in [-0.15, -0.1) is 0 Å². The van der Waals surface area contributed by atoms with Gasteiger partial charge in [0, 0.05) is 0 Å². The van der Waals surface area contributed by atoms with Crippen LogP contribution in [0.2, 0.25) is 0 Å². The minimum absolute atomic E-state index is 0.0239. The maximum absolute atomic E-state index is 5.81. The summed E-state index contributed by atoms with van der Waals surface area (Å²) in [6.07, 6.45) is -0.0718. The van der Waals surface area contributed by atoms with E-state index in [9.17, 15) is 0 Å². The summed E-state index contributed by atoms with van der Waals surface area (Å²) in [5.74, 6) is 0. The average Bonchev–Trinajstić information content (AvgIpc) is 1.95. The smallest absolute Gasteiger partial charge is 0.173 e. The van der Waals surface area contributed by atoms with Gasteiger partial charge in [-0.05, 0) is 46.3 Å². The second-order valence-corrected chi connectivity index (χ2v) is 7.66. The molecule has 3 nitrogen and oxygen atoms in total. The van der Waals surface area contributed by atoms with Crippen molar-refractivity contribution in [2.24, 2.45) is 0 Å². The lowest BCUT2D eigenvalue weighted by atomic mass is 10.2. The van der Waals surface area contributed by atoms with Crippen LogP contribution in [0.15, 0.2) is 0 Å². The molecule has 0 spiro atoms. The fourth-order valence-corrected chi connectivity index (χ4v) is 4.43. The molecule has 0 saturated carbocycles. The van der Waals surface area contributed by atoms with Crippen LogP contribution in [0.5, 0.6) is 0 Å². The lowest BCUT2D eigenvalue weighted by Gasteiger charge is -2.37. The zero-order valence-corrected chi connectivity index (χ0v) is 13.7. The molecule has 0 aromatic rings. The summed E-state index contributed by atoms with van der Waals surface area (Å²) in [4.78, 5) is 0. The standard InChI is InChI=1S/C10H22BCl2O3P/c1-7(2)14-17(11-10(12)13,15-8(3)4)16-9(5)6/h7-10H,1-6H3. The summed E-state index contributed by atoms with van der Waals surface area (Å²) in [7, 11) is -2.61. The molecule has 17 heavy (non-hydrogen) atoms. The molecule has 7 heteroatoms. The van der Waals surface area contributed by atoms with Crippen LogP contribution in [-0.4, -0.2) is 30.0 Å². The van der Waals surface area contributed by atoms with Crippen molar-refractivity contribution in [1.29, 1.82) is 0 Å². The van der Waals surface area contributed by atoms with Crippen LogP contribution >= 0.6 is 31.0 Å². The Labute approximate surface area is 116 Å². The van der Waals surface area contributed by atoms with Gasteiger partial charge in [0.1, 0.15) is 0 Å². The Morgan fingerprint density at radius 2 is 1.06 bits per heavy atom. The Balaban J connectivity index is 4.89. The molecule has 0 unspecified atom stereocenters. The fraction of sp³-hybridized carbons (Fsp3) is 1.00. The summed E-state index contributed by atoms with van der Waals surface area (Å²) < 4.78 is 16.8. The molecule has 0 fully saturated rings. The van der Waals surface area contributed by atoms with E-state index in [1.165, 1.54) is 0 Å². The van der Waals surface area contributed by atoms with E-state index in [1.54, 1.807) is 7.00 Å². The van der Waals surface area contributed by atoms with Gasteiger partial charge in [0.05, 0.1) is 25.3 Å². The second kappa shape index (κ2) is 8.19. The summed E-state index contributed by atoms with van der Waals surface area (Å²) in [5, 5.41) is 0. The Hall–Kier alpha value is 0.955. The Morgan fingerprint density at radius 3 is 1.24 bits per heavy atom. The van der Waals surface area contributed by atoms with Crippen molar-refractivity contribution in [2.45, 2.75) is 64.6 Å². The molecule has 0 bridgehead atoms. The third-order valence-electron chi connectivity index (χ3n) is 1.37. The first kappa shape index (κ1) is 18.0. The molecule has 0 aliphatic rings. The number of alkyl halides is 2. The first-order valence-corrected chi connectivity index (χ1v) is 8.23. The predicted octanol–water partition coefficient (Wildman–Crippen LogP) is 4.40. The van der Waals surface area contributed by atoms with Crippen molar-refractivity contribution in [1.82, 2.24) is 0 Å². The summed E-state index contributed by atoms with van der Waals surface area (Å²) in [6, 6.07) is 0. The maximum Gasteiger partial charge on any atom is 0.173 e. The largest absolute Gasteiger partial charge is 0.229 e. The van der Waals surface area contributed by atoms with Gasteiger partial charge in [0.25, 0.3) is 0 Å². The molecule has 0 rings (SSSR count). The normalized spacial score (nSPS) is 13.4. The van der Waals surface area contributed by atoms with E-state index in [1.807, 2.05) is 41.5 Å². The minimum atomic E-state index is -2.61. The Bertz CT molecular complexity index is 170. The lowest BCUT2D eigenvalue weighted by Crippen LogP contribution is -2.25. The van der Waals surface area contributed by atoms with Gasteiger partial charge < -0.3 is 0 Å². The SMILES string of the molecule is CC(C)O[P+]([B-]C(Cl)Cl)(OC(C)C)OC(C)C. The molecule has 0 aromatic carbocycles. The zero-order chi connectivity index (χ0) is 13.6. The van der Waals surface area contributed by atoms with Crippen LogP contribution in [0.4, 0.5) is 0 Å². The molecule has 2 radical (unpaired) electrons. The molecule has 0 heterocycles. The third kappa shape index (κ3) is 8.64. The molecule has 0 N–H and O–H groups in total. The first-order valence-electron chi connectivity index (χ1n) is 5.75. The number of rotatable bonds is 8. The molecule has 0 saturated heterocycles. The number of hydrogen-bond acceptors (Lipinski definition) is 3. The predicted molar refractivity (Wildman–Crippen MR) is 76.8 cm³/mol. The number of halogens is 2. The van der Waals surface area contributed by atoms with Crippen LogP contribution in [0, 0.1) is 0 Å². The summed E-state index contributed by atoms with van der Waals surface area (Å²) in [6.45, 7) is 13.2. The van der Waals surface area contributed by atoms with Gasteiger partial charge in [0.2, 0.25) is 0 Å². The van der Waals surface area contributed by atoms with E-state index < -0.39 is 12.6 Å². The summed E-state index contributed by atoms with van der Waals surface area (Å²) >= 11 is 11.6. The van der Waals surface area contributed by atoms with E-state index in [4.69, 9.17) is 36.8 Å². The average molecular weight is 303 g/mol. The topological polar surface area (TPSA) is 27.7 Å². The molecule has 0 atom stereocenters. The molecule has 0 amide bonds. The molecular weight excluding hydrogens is 281 g/mol. The molecule has 0 aliphatic heterocycles. The van der Waals surface area contributed by atoms with Crippen LogP contribution in [-0.2, 0) is 13.6 Å². The van der Waals surface area contributed by atoms with Gasteiger partial charge in [0.15, 0.2) is 7.82 Å². The molecule has 0 aromatic heterocycles. The van der Waals surface area contributed by atoms with E-state index in [0.717, 1.165) is 0 Å². The van der Waals surface area contributed by atoms with Crippen LogP contribution in [0.3, 0.4) is 0 Å². The minimum Gasteiger partial charge on any atom is -0.229 e. The van der Waals surface area contributed by atoms with Crippen molar-refractivity contribution >= 4 is 38.0 Å². The zero-order valence-electron chi connectivity index (χ0n) is 11.3. The van der Waals surface area contributed by atoms with E-state index >= 15 is 0 Å². The maximum atomic E-state index is 5.81. The van der Waals surface area contributed by atoms with E-state index in [2.05, 4.69) is 0 Å². The highest BCUT2D eigenvalue weighted by molar-refractivity contribution is 7.90. The van der Waals surface area contributed by atoms with Crippen LogP contribution in [0.25, 0.3) is 0 Å². The fourth-order valence-electron chi connectivity index (χ4n) is 1.20. The first-order chi connectivity index (χ1) is 7.67. The highest BCUT2D eigenvalue weighted by Gasteiger charge is 2.37. The van der Waals surface area contributed by atoms with Crippen molar-refractivity contribution in [3.8, 4) is 0 Å². The van der Waals surface area contributed by atoms with Gasteiger partial charge in [-0.25, -0.2) is 13.6 Å². The highest BCUT2D eigenvalue weighted by atomic mass is 35.5. The molecule has 0 aliphatic carbocycles. The van der Waals surface area contributed by atoms with Crippen molar-refractivity contribution < 1.29 is 13.6 Å². The molecule has 102 valence electrons. The van der Waals surface area contributed by atoms with Gasteiger partial charge in [-0.2, -0.15) is 23.2 Å². The lowest BCUT2D eigenvalue weighted by molar-refractivity contribution is 0.0860. The number of hydrogen-bond donors (Lipinski definition) is 0. The van der Waals surface area contributed by atoms with Gasteiger partial charge >= 0.3 is 0 Å². The van der Waals surface area contributed by atoms with Crippen molar-refractivity contribution in [2.75, 3.05) is 0 Å². The highest BCUT2D eigenvalue weighted by Crippen LogP contribution is 2.64. The van der Waals surface area contributed by atoms with E-state index in [-0.39, 0.29) is 18.3 Å². The van der Waals surface area contributed by atoms with Crippen molar-refractivity contribution in [3.05, 3.63) is 0 Å². The Morgan fingerprint density at radius 1 is 0.765 bits per heavy atom. The second-order valence-electron chi connectivity index (χ2n) is 4.49. The van der Waals surface area contributed by atoms with Gasteiger partial charge in [-0.3, -0.25) is 0 Å². The van der Waals surface area contributed by atoms with Crippen LogP contribution in [0.1, 0.15) is 41.5 Å². The quantitative estimate of drug-likeness (QED) is 0.378.